The van der Waals surface area contributed by atoms with Gasteiger partial charge in [0.2, 0.25) is 0 Å². The lowest BCUT2D eigenvalue weighted by Crippen LogP contribution is -2.30. The Morgan fingerprint density at radius 3 is 2.18 bits per heavy atom. The Bertz CT molecular complexity index is 1320. The van der Waals surface area contributed by atoms with Crippen LogP contribution in [0.15, 0.2) is 72.8 Å². The van der Waals surface area contributed by atoms with E-state index >= 15 is 0 Å². The molecule has 6 nitrogen and oxygen atoms in total. The zero-order valence-corrected chi connectivity index (χ0v) is 26.8. The van der Waals surface area contributed by atoms with E-state index in [-0.39, 0.29) is 23.1 Å². The molecule has 1 saturated heterocycles. The summed E-state index contributed by atoms with van der Waals surface area (Å²) in [5, 5.41) is 0. The molecule has 242 valence electrons. The van der Waals surface area contributed by atoms with Crippen molar-refractivity contribution >= 4 is 11.6 Å². The Kier molecular flexibility index (Phi) is 13.9. The van der Waals surface area contributed by atoms with E-state index in [0.717, 1.165) is 50.4 Å². The molecule has 1 aliphatic rings. The lowest BCUT2D eigenvalue weighted by atomic mass is 9.83. The molecule has 0 aromatic heterocycles. The van der Waals surface area contributed by atoms with E-state index in [1.54, 1.807) is 49.6 Å². The Labute approximate surface area is 267 Å². The fourth-order valence-corrected chi connectivity index (χ4v) is 5.93. The van der Waals surface area contributed by atoms with Gasteiger partial charge in [0, 0.05) is 37.8 Å². The molecule has 0 radical (unpaired) electrons. The summed E-state index contributed by atoms with van der Waals surface area (Å²) in [6.07, 6.45) is 7.01. The highest BCUT2D eigenvalue weighted by molar-refractivity contribution is 5.96. The van der Waals surface area contributed by atoms with Gasteiger partial charge in [-0.15, -0.1) is 0 Å². The summed E-state index contributed by atoms with van der Waals surface area (Å²) < 4.78 is 30.3. The Hall–Kier alpha value is -3.71. The number of unbranched alkanes of at least 4 members (excludes halogenated alkanes) is 1. The molecule has 2 atom stereocenters. The van der Waals surface area contributed by atoms with Crippen molar-refractivity contribution < 1.29 is 28.2 Å². The van der Waals surface area contributed by atoms with E-state index < -0.39 is 0 Å². The van der Waals surface area contributed by atoms with Gasteiger partial charge < -0.3 is 19.1 Å². The van der Waals surface area contributed by atoms with Crippen molar-refractivity contribution in [2.75, 3.05) is 40.0 Å². The molecule has 1 heterocycles. The first-order valence-electron chi connectivity index (χ1n) is 16.4. The number of hydrogen-bond acceptors (Lipinski definition) is 6. The molecule has 0 bridgehead atoms. The first-order chi connectivity index (χ1) is 21.9. The molecule has 0 aliphatic carbocycles. The van der Waals surface area contributed by atoms with Crippen LogP contribution < -0.4 is 14.2 Å². The van der Waals surface area contributed by atoms with Crippen molar-refractivity contribution in [3.8, 4) is 17.2 Å². The van der Waals surface area contributed by atoms with Gasteiger partial charge in [-0.2, -0.15) is 0 Å². The predicted octanol–water partition coefficient (Wildman–Crippen LogP) is 8.29. The van der Waals surface area contributed by atoms with Gasteiger partial charge in [0.15, 0.2) is 17.3 Å². The maximum atomic E-state index is 13.7. The molecule has 3 aromatic carbocycles. The third-order valence-corrected chi connectivity index (χ3v) is 8.77. The molecule has 0 saturated carbocycles. The summed E-state index contributed by atoms with van der Waals surface area (Å²) in [4.78, 5) is 27.9. The number of hydrogen-bond donors (Lipinski definition) is 0. The molecule has 1 fully saturated rings. The summed E-state index contributed by atoms with van der Waals surface area (Å²) in [5.41, 5.74) is 1.94. The summed E-state index contributed by atoms with van der Waals surface area (Å²) >= 11 is 0. The molecular formula is C38H48FNO5. The minimum absolute atomic E-state index is 0.106. The van der Waals surface area contributed by atoms with E-state index in [1.807, 2.05) is 12.1 Å². The molecule has 0 N–H and O–H groups in total. The van der Waals surface area contributed by atoms with Gasteiger partial charge in [-0.3, -0.25) is 9.59 Å². The average molecular weight is 618 g/mol. The normalized spacial score (nSPS) is 14.6. The van der Waals surface area contributed by atoms with Crippen LogP contribution in [0, 0.1) is 11.7 Å². The second kappa shape index (κ2) is 18.3. The van der Waals surface area contributed by atoms with E-state index in [9.17, 15) is 14.0 Å². The minimum Gasteiger partial charge on any atom is -0.497 e. The highest BCUT2D eigenvalue weighted by Crippen LogP contribution is 2.31. The number of para-hydroxylation sites is 1. The quantitative estimate of drug-likeness (QED) is 0.0939. The Balaban J connectivity index is 1.19. The zero-order chi connectivity index (χ0) is 31.9. The van der Waals surface area contributed by atoms with Crippen molar-refractivity contribution in [2.24, 2.45) is 5.92 Å². The van der Waals surface area contributed by atoms with Crippen molar-refractivity contribution in [3.05, 3.63) is 89.7 Å². The fourth-order valence-electron chi connectivity index (χ4n) is 5.93. The van der Waals surface area contributed by atoms with Crippen LogP contribution in [-0.4, -0.2) is 56.4 Å². The standard InChI is InChI=1S/C38H48FNO5/c1-29(30-15-22-35(23-16-30)44-26-9-27-45-38-13-6-4-11-36(38)39)32(28-40-24-7-8-25-40)14-19-33(41)10-3-5-12-37(42)31-17-20-34(43-2)21-18-31/h4,6,11,13,15-18,20-23,29,32H,3,5,7-10,12,14,19,24-28H2,1-2H3. The second-order valence-electron chi connectivity index (χ2n) is 12.0. The van der Waals surface area contributed by atoms with Crippen LogP contribution in [0.4, 0.5) is 4.39 Å². The van der Waals surface area contributed by atoms with E-state index in [4.69, 9.17) is 14.2 Å². The number of carbonyl (C=O) groups is 2. The van der Waals surface area contributed by atoms with Gasteiger partial charge in [0.25, 0.3) is 0 Å². The molecule has 1 aliphatic heterocycles. The molecule has 0 amide bonds. The zero-order valence-electron chi connectivity index (χ0n) is 26.8. The summed E-state index contributed by atoms with van der Waals surface area (Å²) in [6, 6.07) is 21.9. The number of ketones is 2. The minimum atomic E-state index is -0.357. The Morgan fingerprint density at radius 2 is 1.47 bits per heavy atom. The lowest BCUT2D eigenvalue weighted by molar-refractivity contribution is -0.119. The van der Waals surface area contributed by atoms with Crippen LogP contribution in [0.25, 0.3) is 0 Å². The molecule has 4 rings (SSSR count). The number of likely N-dealkylation sites (tertiary alicyclic amines) is 1. The second-order valence-corrected chi connectivity index (χ2v) is 12.0. The van der Waals surface area contributed by atoms with E-state index in [0.29, 0.717) is 56.3 Å². The van der Waals surface area contributed by atoms with Crippen molar-refractivity contribution in [1.82, 2.24) is 4.90 Å². The topological polar surface area (TPSA) is 65.1 Å². The largest absolute Gasteiger partial charge is 0.497 e. The number of Topliss-reactive ketones (excluding diaryl/α,β-unsaturated/α-hetero) is 2. The maximum absolute atomic E-state index is 13.7. The van der Waals surface area contributed by atoms with Crippen LogP contribution in [0.1, 0.15) is 86.6 Å². The van der Waals surface area contributed by atoms with Gasteiger partial charge in [0.1, 0.15) is 17.3 Å². The molecule has 45 heavy (non-hydrogen) atoms. The van der Waals surface area contributed by atoms with Crippen LogP contribution in [0.2, 0.25) is 0 Å². The summed E-state index contributed by atoms with van der Waals surface area (Å²) in [7, 11) is 1.61. The van der Waals surface area contributed by atoms with Crippen LogP contribution in [0.5, 0.6) is 17.2 Å². The number of rotatable bonds is 20. The Morgan fingerprint density at radius 1 is 0.800 bits per heavy atom. The third-order valence-electron chi connectivity index (χ3n) is 8.77. The highest BCUT2D eigenvalue weighted by Gasteiger charge is 2.24. The molecule has 0 spiro atoms. The summed E-state index contributed by atoms with van der Waals surface area (Å²) in [5.74, 6) is 2.52. The van der Waals surface area contributed by atoms with E-state index in [2.05, 4.69) is 24.0 Å². The van der Waals surface area contributed by atoms with Gasteiger partial charge in [-0.1, -0.05) is 31.2 Å². The predicted molar refractivity (Wildman–Crippen MR) is 176 cm³/mol. The maximum Gasteiger partial charge on any atom is 0.165 e. The third kappa shape index (κ3) is 11.3. The molecule has 7 heteroatoms. The first-order valence-corrected chi connectivity index (χ1v) is 16.4. The highest BCUT2D eigenvalue weighted by atomic mass is 19.1. The summed E-state index contributed by atoms with van der Waals surface area (Å²) in [6.45, 7) is 6.41. The number of halogens is 1. The van der Waals surface area contributed by atoms with Crippen LogP contribution in [-0.2, 0) is 4.79 Å². The smallest absolute Gasteiger partial charge is 0.165 e. The molecule has 3 aromatic rings. The number of methoxy groups -OCH3 is 1. The number of nitrogens with zero attached hydrogens (tertiary/aromatic N) is 1. The van der Waals surface area contributed by atoms with Gasteiger partial charge >= 0.3 is 0 Å². The molecule has 2 unspecified atom stereocenters. The number of benzene rings is 3. The lowest BCUT2D eigenvalue weighted by Gasteiger charge is -2.29. The van der Waals surface area contributed by atoms with Gasteiger partial charge in [-0.05, 0) is 111 Å². The van der Waals surface area contributed by atoms with Crippen molar-refractivity contribution in [2.45, 2.75) is 70.6 Å². The van der Waals surface area contributed by atoms with Gasteiger partial charge in [-0.25, -0.2) is 4.39 Å². The average Bonchev–Trinajstić information content (AvgIpc) is 3.59. The van der Waals surface area contributed by atoms with Crippen molar-refractivity contribution in [1.29, 1.82) is 0 Å². The monoisotopic (exact) mass is 617 g/mol. The SMILES string of the molecule is COc1ccc(C(=O)CCCCC(=O)CCC(CN2CCCC2)C(C)c2ccc(OCCCOc3ccccc3F)cc2)cc1. The van der Waals surface area contributed by atoms with Crippen molar-refractivity contribution in [3.63, 3.8) is 0 Å². The molecular weight excluding hydrogens is 569 g/mol. The van der Waals surface area contributed by atoms with Crippen LogP contribution in [0.3, 0.4) is 0 Å². The number of ether oxygens (including phenoxy) is 3. The van der Waals surface area contributed by atoms with E-state index in [1.165, 1.54) is 24.5 Å². The number of carbonyl (C=O) groups excluding carboxylic acids is 2. The fraction of sp³-hybridized carbons (Fsp3) is 0.474. The first kappa shape index (κ1) is 34.2. The van der Waals surface area contributed by atoms with Gasteiger partial charge in [0.05, 0.1) is 20.3 Å². The van der Waals surface area contributed by atoms with Crippen LogP contribution >= 0.6 is 0 Å².